The van der Waals surface area contributed by atoms with E-state index < -0.39 is 17.9 Å². The van der Waals surface area contributed by atoms with Crippen molar-refractivity contribution in [2.24, 2.45) is 5.84 Å². The number of hydrazine groups is 1. The number of nitrogen functional groups attached to an aromatic ring is 1. The second-order valence-corrected chi connectivity index (χ2v) is 2.62. The van der Waals surface area contributed by atoms with Crippen molar-refractivity contribution in [2.75, 3.05) is 5.43 Å². The lowest BCUT2D eigenvalue weighted by Gasteiger charge is -2.11. The number of aliphatic hydroxyl groups excluding tert-OH is 1. The first-order chi connectivity index (χ1) is 6.56. The number of hydrogen-bond acceptors (Lipinski definition) is 4. The number of carboxylic acid groups (broad SMARTS) is 1. The third-order valence-electron chi connectivity index (χ3n) is 1.70. The van der Waals surface area contributed by atoms with Gasteiger partial charge in [-0.15, -0.1) is 0 Å². The van der Waals surface area contributed by atoms with Gasteiger partial charge in [0.2, 0.25) is 0 Å². The molecule has 0 heterocycles. The van der Waals surface area contributed by atoms with Gasteiger partial charge in [-0.3, -0.25) is 5.84 Å². The Hall–Kier alpha value is -1.66. The summed E-state index contributed by atoms with van der Waals surface area (Å²) < 4.78 is 12.7. The summed E-state index contributed by atoms with van der Waals surface area (Å²) in [6.07, 6.45) is -1.79. The third-order valence-corrected chi connectivity index (χ3v) is 1.70. The molecule has 0 fully saturated rings. The first-order valence-electron chi connectivity index (χ1n) is 3.73. The molecule has 0 bridgehead atoms. The zero-order chi connectivity index (χ0) is 10.7. The monoisotopic (exact) mass is 200 g/mol. The molecule has 14 heavy (non-hydrogen) atoms. The van der Waals surface area contributed by atoms with Crippen molar-refractivity contribution >= 4 is 11.7 Å². The minimum Gasteiger partial charge on any atom is -0.479 e. The summed E-state index contributed by atoms with van der Waals surface area (Å²) in [6, 6.07) is 3.26. The van der Waals surface area contributed by atoms with Gasteiger partial charge in [0.05, 0.1) is 5.69 Å². The Morgan fingerprint density at radius 2 is 2.21 bits per heavy atom. The normalized spacial score (nSPS) is 12.2. The molecule has 0 aliphatic rings. The standard InChI is InChI=1S/C8H9FN2O3/c9-4-1-2-6(11-10)5(3-4)7(12)8(13)14/h1-3,7,11-12H,10H2,(H,13,14). The molecule has 0 spiro atoms. The molecule has 1 atom stereocenters. The topological polar surface area (TPSA) is 95.6 Å². The van der Waals surface area contributed by atoms with Crippen molar-refractivity contribution in [3.63, 3.8) is 0 Å². The Balaban J connectivity index is 3.16. The lowest BCUT2D eigenvalue weighted by atomic mass is 10.1. The molecular formula is C8H9FN2O3. The summed E-state index contributed by atoms with van der Waals surface area (Å²) in [4.78, 5) is 10.4. The van der Waals surface area contributed by atoms with Crippen LogP contribution in [0.1, 0.15) is 11.7 Å². The number of nitrogens with two attached hydrogens (primary N) is 1. The number of carbonyl (C=O) groups is 1. The molecule has 1 unspecified atom stereocenters. The molecule has 1 rings (SSSR count). The van der Waals surface area contributed by atoms with Crippen LogP contribution < -0.4 is 11.3 Å². The average Bonchev–Trinajstić information content (AvgIpc) is 2.16. The lowest BCUT2D eigenvalue weighted by molar-refractivity contribution is -0.146. The van der Waals surface area contributed by atoms with Crippen molar-refractivity contribution in [3.8, 4) is 0 Å². The Morgan fingerprint density at radius 3 is 2.71 bits per heavy atom. The molecule has 0 aliphatic heterocycles. The number of aliphatic hydroxyl groups is 1. The fourth-order valence-electron chi connectivity index (χ4n) is 1.02. The molecule has 0 saturated carbocycles. The Kier molecular flexibility index (Phi) is 3.00. The summed E-state index contributed by atoms with van der Waals surface area (Å²) in [5, 5.41) is 17.7. The first-order valence-corrected chi connectivity index (χ1v) is 3.73. The van der Waals surface area contributed by atoms with Gasteiger partial charge in [-0.2, -0.15) is 0 Å². The number of halogens is 1. The highest BCUT2D eigenvalue weighted by Crippen LogP contribution is 2.23. The van der Waals surface area contributed by atoms with Crippen molar-refractivity contribution in [1.29, 1.82) is 0 Å². The van der Waals surface area contributed by atoms with Gasteiger partial charge in [-0.1, -0.05) is 0 Å². The van der Waals surface area contributed by atoms with Crippen LogP contribution in [-0.4, -0.2) is 16.2 Å². The van der Waals surface area contributed by atoms with E-state index >= 15 is 0 Å². The van der Waals surface area contributed by atoms with E-state index in [-0.39, 0.29) is 11.3 Å². The zero-order valence-electron chi connectivity index (χ0n) is 7.07. The van der Waals surface area contributed by atoms with Gasteiger partial charge in [-0.05, 0) is 18.2 Å². The Morgan fingerprint density at radius 1 is 1.57 bits per heavy atom. The fourth-order valence-corrected chi connectivity index (χ4v) is 1.02. The van der Waals surface area contributed by atoms with Gasteiger partial charge in [0.25, 0.3) is 0 Å². The molecule has 0 amide bonds. The maximum absolute atomic E-state index is 12.7. The van der Waals surface area contributed by atoms with Crippen LogP contribution in [-0.2, 0) is 4.79 Å². The molecule has 6 heteroatoms. The van der Waals surface area contributed by atoms with E-state index in [0.717, 1.165) is 12.1 Å². The average molecular weight is 200 g/mol. The maximum atomic E-state index is 12.7. The number of benzene rings is 1. The highest BCUT2D eigenvalue weighted by Gasteiger charge is 2.19. The van der Waals surface area contributed by atoms with Gasteiger partial charge < -0.3 is 15.6 Å². The highest BCUT2D eigenvalue weighted by molar-refractivity contribution is 5.76. The highest BCUT2D eigenvalue weighted by atomic mass is 19.1. The van der Waals surface area contributed by atoms with Crippen molar-refractivity contribution in [3.05, 3.63) is 29.6 Å². The molecule has 0 radical (unpaired) electrons. The molecule has 0 aliphatic carbocycles. The maximum Gasteiger partial charge on any atom is 0.337 e. The number of carboxylic acids is 1. The van der Waals surface area contributed by atoms with Crippen LogP contribution in [0.4, 0.5) is 10.1 Å². The van der Waals surface area contributed by atoms with Crippen molar-refractivity contribution < 1.29 is 19.4 Å². The van der Waals surface area contributed by atoms with Crippen LogP contribution in [0.2, 0.25) is 0 Å². The van der Waals surface area contributed by atoms with Crippen LogP contribution >= 0.6 is 0 Å². The molecule has 1 aromatic carbocycles. The number of nitrogens with one attached hydrogen (secondary N) is 1. The molecule has 76 valence electrons. The van der Waals surface area contributed by atoms with E-state index in [1.165, 1.54) is 6.07 Å². The smallest absolute Gasteiger partial charge is 0.337 e. The van der Waals surface area contributed by atoms with E-state index in [1.807, 2.05) is 0 Å². The molecule has 5 N–H and O–H groups in total. The number of rotatable bonds is 3. The van der Waals surface area contributed by atoms with Gasteiger partial charge in [0.1, 0.15) is 5.82 Å². The van der Waals surface area contributed by atoms with Gasteiger partial charge in [-0.25, -0.2) is 9.18 Å². The van der Waals surface area contributed by atoms with Crippen molar-refractivity contribution in [2.45, 2.75) is 6.10 Å². The lowest BCUT2D eigenvalue weighted by Crippen LogP contribution is -2.16. The van der Waals surface area contributed by atoms with Crippen LogP contribution in [0.25, 0.3) is 0 Å². The summed E-state index contributed by atoms with van der Waals surface area (Å²) in [7, 11) is 0. The van der Waals surface area contributed by atoms with E-state index in [9.17, 15) is 14.3 Å². The largest absolute Gasteiger partial charge is 0.479 e. The predicted octanol–water partition coefficient (Wildman–Crippen LogP) is 0.229. The van der Waals surface area contributed by atoms with E-state index in [4.69, 9.17) is 10.9 Å². The summed E-state index contributed by atoms with van der Waals surface area (Å²) in [6.45, 7) is 0. The Labute approximate surface area is 78.9 Å². The quantitative estimate of drug-likeness (QED) is 0.413. The SMILES string of the molecule is NNc1ccc(F)cc1C(O)C(=O)O. The van der Waals surface area contributed by atoms with E-state index in [1.54, 1.807) is 0 Å². The molecular weight excluding hydrogens is 191 g/mol. The number of anilines is 1. The summed E-state index contributed by atoms with van der Waals surface area (Å²) >= 11 is 0. The fraction of sp³-hybridized carbons (Fsp3) is 0.125. The van der Waals surface area contributed by atoms with Crippen LogP contribution in [0.5, 0.6) is 0 Å². The zero-order valence-corrected chi connectivity index (χ0v) is 7.07. The minimum atomic E-state index is -1.79. The molecule has 0 aromatic heterocycles. The predicted molar refractivity (Wildman–Crippen MR) is 46.8 cm³/mol. The van der Waals surface area contributed by atoms with Crippen LogP contribution in [0, 0.1) is 5.82 Å². The van der Waals surface area contributed by atoms with E-state index in [2.05, 4.69) is 5.43 Å². The summed E-state index contributed by atoms with van der Waals surface area (Å²) in [5.41, 5.74) is 2.23. The Bertz CT molecular complexity index is 356. The molecule has 5 nitrogen and oxygen atoms in total. The summed E-state index contributed by atoms with van der Waals surface area (Å²) in [5.74, 6) is 2.96. The second-order valence-electron chi connectivity index (χ2n) is 2.62. The van der Waals surface area contributed by atoms with E-state index in [0.29, 0.717) is 0 Å². The van der Waals surface area contributed by atoms with Crippen molar-refractivity contribution in [1.82, 2.24) is 0 Å². The number of aliphatic carboxylic acids is 1. The molecule has 1 aromatic rings. The van der Waals surface area contributed by atoms with Gasteiger partial charge in [0.15, 0.2) is 6.10 Å². The van der Waals surface area contributed by atoms with Crippen LogP contribution in [0.15, 0.2) is 18.2 Å². The second kappa shape index (κ2) is 4.03. The first kappa shape index (κ1) is 10.4. The van der Waals surface area contributed by atoms with Gasteiger partial charge in [0, 0.05) is 5.56 Å². The van der Waals surface area contributed by atoms with Crippen LogP contribution in [0.3, 0.4) is 0 Å². The molecule has 0 saturated heterocycles. The number of hydrogen-bond donors (Lipinski definition) is 4. The minimum absolute atomic E-state index is 0.111. The third kappa shape index (κ3) is 1.98. The van der Waals surface area contributed by atoms with Gasteiger partial charge >= 0.3 is 5.97 Å².